The molecule has 0 unspecified atom stereocenters. The number of anilines is 1. The lowest BCUT2D eigenvalue weighted by Crippen LogP contribution is -2.33. The van der Waals surface area contributed by atoms with E-state index in [2.05, 4.69) is 15.0 Å². The third-order valence-corrected chi connectivity index (χ3v) is 3.27. The van der Waals surface area contributed by atoms with Crippen molar-refractivity contribution < 1.29 is 36.2 Å². The Morgan fingerprint density at radius 2 is 1.69 bits per heavy atom. The number of halogens is 5. The smallest absolute Gasteiger partial charge is 0.461 e. The molecule has 0 bridgehead atoms. The maximum atomic E-state index is 14.0. The number of ether oxygens (including phenoxy) is 2. The van der Waals surface area contributed by atoms with Crippen LogP contribution in [-0.2, 0) is 4.74 Å². The van der Waals surface area contributed by atoms with Crippen LogP contribution in [0.4, 0.5) is 32.4 Å². The summed E-state index contributed by atoms with van der Waals surface area (Å²) in [5, 5.41) is 2.33. The summed E-state index contributed by atoms with van der Waals surface area (Å²) in [6.45, 7) is 3.34. The van der Waals surface area contributed by atoms with Gasteiger partial charge in [0.25, 0.3) is 0 Å². The van der Waals surface area contributed by atoms with Crippen molar-refractivity contribution >= 4 is 17.6 Å². The van der Waals surface area contributed by atoms with E-state index in [4.69, 9.17) is 4.74 Å². The van der Waals surface area contributed by atoms with Crippen molar-refractivity contribution in [1.82, 2.24) is 0 Å². The van der Waals surface area contributed by atoms with Gasteiger partial charge >= 0.3 is 18.6 Å². The molecule has 2 rings (SSSR count). The number of benzene rings is 2. The van der Waals surface area contributed by atoms with Gasteiger partial charge in [0.15, 0.2) is 0 Å². The fourth-order valence-electron chi connectivity index (χ4n) is 2.06. The normalized spacial score (nSPS) is 12.2. The van der Waals surface area contributed by atoms with Gasteiger partial charge in [0.2, 0.25) is 5.90 Å². The van der Waals surface area contributed by atoms with Gasteiger partial charge in [-0.1, -0.05) is 12.1 Å². The van der Waals surface area contributed by atoms with Gasteiger partial charge in [-0.3, -0.25) is 0 Å². The number of alkyl halides is 4. The van der Waals surface area contributed by atoms with E-state index in [1.165, 1.54) is 18.2 Å². The second kappa shape index (κ2) is 9.35. The van der Waals surface area contributed by atoms with Crippen LogP contribution in [0.5, 0.6) is 5.75 Å². The van der Waals surface area contributed by atoms with Crippen molar-refractivity contribution in [3.05, 3.63) is 59.9 Å². The fraction of sp³-hybridized carbons (Fsp3) is 0.263. The summed E-state index contributed by atoms with van der Waals surface area (Å²) >= 11 is 0. The number of carbonyl (C=O) groups excluding carboxylic acids is 1. The molecule has 0 atom stereocenters. The van der Waals surface area contributed by atoms with Crippen molar-refractivity contribution in [2.75, 3.05) is 5.32 Å². The molecule has 2 aromatic rings. The van der Waals surface area contributed by atoms with Crippen molar-refractivity contribution in [3.63, 3.8) is 0 Å². The summed E-state index contributed by atoms with van der Waals surface area (Å²) in [5.74, 6) is -1.40. The molecule has 0 heterocycles. The third kappa shape index (κ3) is 6.44. The van der Waals surface area contributed by atoms with E-state index in [0.717, 1.165) is 24.3 Å². The van der Waals surface area contributed by atoms with Crippen LogP contribution in [0.3, 0.4) is 0 Å². The maximum Gasteiger partial charge on any atom is 0.461 e. The van der Waals surface area contributed by atoms with Crippen LogP contribution >= 0.6 is 0 Å². The Morgan fingerprint density at radius 3 is 2.24 bits per heavy atom. The van der Waals surface area contributed by atoms with E-state index in [1.807, 2.05) is 0 Å². The van der Waals surface area contributed by atoms with Gasteiger partial charge in [-0.25, -0.2) is 9.18 Å². The molecule has 29 heavy (non-hydrogen) atoms. The van der Waals surface area contributed by atoms with Crippen LogP contribution < -0.4 is 10.1 Å². The highest BCUT2D eigenvalue weighted by Gasteiger charge is 2.43. The highest BCUT2D eigenvalue weighted by Crippen LogP contribution is 2.28. The van der Waals surface area contributed by atoms with Gasteiger partial charge < -0.3 is 14.8 Å². The number of aliphatic imine (C=N–C) groups is 1. The molecule has 0 saturated carbocycles. The maximum absolute atomic E-state index is 14.0. The van der Waals surface area contributed by atoms with E-state index < -0.39 is 36.2 Å². The standard InChI is InChI=1S/C19H17F5N2O3/c1-11(2)28-16(14-5-3-4-6-15(14)20)26-18(27)25-12-7-9-13(10-8-12)29-19(23,24)17(21)22/h3-11,17H,1-2H3,(H,25,27). The molecule has 0 aromatic heterocycles. The van der Waals surface area contributed by atoms with E-state index in [-0.39, 0.29) is 17.1 Å². The molecular formula is C19H17F5N2O3. The Morgan fingerprint density at radius 1 is 1.07 bits per heavy atom. The van der Waals surface area contributed by atoms with Crippen LogP contribution in [0, 0.1) is 5.82 Å². The number of nitrogens with one attached hydrogen (secondary N) is 1. The minimum atomic E-state index is -4.64. The molecule has 5 nitrogen and oxygen atoms in total. The number of amides is 2. The van der Waals surface area contributed by atoms with Gasteiger partial charge in [-0.05, 0) is 50.2 Å². The number of hydrogen-bond acceptors (Lipinski definition) is 3. The molecule has 0 spiro atoms. The highest BCUT2D eigenvalue weighted by atomic mass is 19.3. The minimum absolute atomic E-state index is 0.0191. The fourth-order valence-corrected chi connectivity index (χ4v) is 2.06. The first-order valence-corrected chi connectivity index (χ1v) is 8.34. The monoisotopic (exact) mass is 416 g/mol. The molecule has 0 aliphatic carbocycles. The summed E-state index contributed by atoms with van der Waals surface area (Å²) in [6.07, 6.45) is -9.03. The lowest BCUT2D eigenvalue weighted by Gasteiger charge is -2.16. The number of nitrogens with zero attached hydrogens (tertiary/aromatic N) is 1. The molecule has 1 N–H and O–H groups in total. The Labute approximate surface area is 163 Å². The Kier molecular flexibility index (Phi) is 7.13. The average Bonchev–Trinajstić information content (AvgIpc) is 2.62. The second-order valence-corrected chi connectivity index (χ2v) is 5.98. The van der Waals surface area contributed by atoms with Gasteiger partial charge in [0, 0.05) is 5.69 Å². The van der Waals surface area contributed by atoms with Crippen LogP contribution in [0.15, 0.2) is 53.5 Å². The van der Waals surface area contributed by atoms with E-state index in [9.17, 15) is 26.7 Å². The van der Waals surface area contributed by atoms with Gasteiger partial charge in [0.1, 0.15) is 11.6 Å². The summed E-state index contributed by atoms with van der Waals surface area (Å²) in [4.78, 5) is 15.8. The minimum Gasteiger partial charge on any atom is -0.474 e. The average molecular weight is 416 g/mol. The van der Waals surface area contributed by atoms with Crippen LogP contribution in [0.25, 0.3) is 0 Å². The summed E-state index contributed by atoms with van der Waals surface area (Å²) in [6, 6.07) is 8.90. The van der Waals surface area contributed by atoms with E-state index >= 15 is 0 Å². The molecule has 2 amide bonds. The third-order valence-electron chi connectivity index (χ3n) is 3.27. The van der Waals surface area contributed by atoms with Gasteiger partial charge in [0.05, 0.1) is 11.7 Å². The first-order chi connectivity index (χ1) is 13.6. The summed E-state index contributed by atoms with van der Waals surface area (Å²) in [5.41, 5.74) is 0.0956. The van der Waals surface area contributed by atoms with E-state index in [1.54, 1.807) is 19.9 Å². The lowest BCUT2D eigenvalue weighted by molar-refractivity contribution is -0.253. The predicted molar refractivity (Wildman–Crippen MR) is 96.2 cm³/mol. The first kappa shape index (κ1) is 22.1. The predicted octanol–water partition coefficient (Wildman–Crippen LogP) is 5.47. The Balaban J connectivity index is 2.14. The van der Waals surface area contributed by atoms with Gasteiger partial charge in [-0.15, -0.1) is 0 Å². The zero-order valence-corrected chi connectivity index (χ0v) is 15.3. The summed E-state index contributed by atoms with van der Waals surface area (Å²) < 4.78 is 73.3. The van der Waals surface area contributed by atoms with Crippen molar-refractivity contribution in [2.24, 2.45) is 4.99 Å². The number of rotatable bonds is 6. The molecular weight excluding hydrogens is 399 g/mol. The van der Waals surface area contributed by atoms with Crippen molar-refractivity contribution in [2.45, 2.75) is 32.5 Å². The van der Waals surface area contributed by atoms with Crippen molar-refractivity contribution in [1.29, 1.82) is 0 Å². The number of carbonyl (C=O) groups is 1. The lowest BCUT2D eigenvalue weighted by atomic mass is 10.2. The molecule has 2 aromatic carbocycles. The number of urea groups is 1. The Bertz CT molecular complexity index is 870. The van der Waals surface area contributed by atoms with Crippen LogP contribution in [-0.4, -0.2) is 30.6 Å². The highest BCUT2D eigenvalue weighted by molar-refractivity contribution is 6.04. The topological polar surface area (TPSA) is 59.9 Å². The molecule has 10 heteroatoms. The molecule has 0 aliphatic rings. The van der Waals surface area contributed by atoms with Crippen LogP contribution in [0.2, 0.25) is 0 Å². The largest absolute Gasteiger partial charge is 0.474 e. The van der Waals surface area contributed by atoms with Crippen LogP contribution in [0.1, 0.15) is 19.4 Å². The van der Waals surface area contributed by atoms with Crippen molar-refractivity contribution in [3.8, 4) is 5.75 Å². The van der Waals surface area contributed by atoms with Gasteiger partial charge in [-0.2, -0.15) is 22.6 Å². The zero-order chi connectivity index (χ0) is 21.6. The zero-order valence-electron chi connectivity index (χ0n) is 15.3. The molecule has 156 valence electrons. The van der Waals surface area contributed by atoms with E-state index in [0.29, 0.717) is 0 Å². The molecule has 0 saturated heterocycles. The molecule has 0 aliphatic heterocycles. The molecule has 0 fully saturated rings. The summed E-state index contributed by atoms with van der Waals surface area (Å²) in [7, 11) is 0. The SMILES string of the molecule is CC(C)OC(=NC(=O)Nc1ccc(OC(F)(F)C(F)F)cc1)c1ccccc1F. The Hall–Kier alpha value is -3.17. The second-order valence-electron chi connectivity index (χ2n) is 5.98. The first-order valence-electron chi connectivity index (χ1n) is 8.34. The quantitative estimate of drug-likeness (QED) is 0.386. The molecule has 0 radical (unpaired) electrons. The number of hydrogen-bond donors (Lipinski definition) is 1.